The molecule has 0 N–H and O–H groups in total. The Hall–Kier alpha value is -2.60. The van der Waals surface area contributed by atoms with Gasteiger partial charge in [0.25, 0.3) is 0 Å². The molecule has 0 aliphatic heterocycles. The first-order valence-electron chi connectivity index (χ1n) is 10.6. The molecule has 2 aromatic rings. The van der Waals surface area contributed by atoms with Crippen LogP contribution in [0.5, 0.6) is 0 Å². The lowest BCUT2D eigenvalue weighted by Crippen LogP contribution is -2.47. The summed E-state index contributed by atoms with van der Waals surface area (Å²) in [5.74, 6) is 1.24. The van der Waals surface area contributed by atoms with Gasteiger partial charge in [0.15, 0.2) is 0 Å². The highest BCUT2D eigenvalue weighted by atomic mass is 16.5. The summed E-state index contributed by atoms with van der Waals surface area (Å²) in [6.07, 6.45) is 2.66. The molecule has 0 spiro atoms. The van der Waals surface area contributed by atoms with E-state index in [2.05, 4.69) is 19.1 Å². The quantitative estimate of drug-likeness (QED) is 0.494. The zero-order valence-corrected chi connectivity index (χ0v) is 18.6. The Morgan fingerprint density at radius 1 is 1.10 bits per heavy atom. The third-order valence-electron chi connectivity index (χ3n) is 5.24. The summed E-state index contributed by atoms with van der Waals surface area (Å²) >= 11 is 0. The first-order valence-corrected chi connectivity index (χ1v) is 10.6. The Bertz CT molecular complexity index is 788. The fraction of sp³-hybridized carbons (Fsp3) is 0.500. The van der Waals surface area contributed by atoms with Crippen molar-refractivity contribution in [2.75, 3.05) is 26.7 Å². The minimum atomic E-state index is -0.465. The second-order valence-corrected chi connectivity index (χ2v) is 7.59. The van der Waals surface area contributed by atoms with Gasteiger partial charge in [0.05, 0.1) is 20.2 Å². The van der Waals surface area contributed by atoms with E-state index in [1.807, 2.05) is 47.1 Å². The SMILES string of the molecule is CCCCN(CC(=O)N(CCc1ccccc1)Cc1ccc(C)o1)[C@@H](C)C(=O)OC. The Kier molecular flexibility index (Phi) is 9.61. The second kappa shape index (κ2) is 12.2. The zero-order chi connectivity index (χ0) is 21.9. The van der Waals surface area contributed by atoms with Crippen molar-refractivity contribution >= 4 is 11.9 Å². The average Bonchev–Trinajstić information content (AvgIpc) is 3.18. The Balaban J connectivity index is 2.12. The molecule has 164 valence electrons. The van der Waals surface area contributed by atoms with Gasteiger partial charge in [-0.25, -0.2) is 0 Å². The van der Waals surface area contributed by atoms with E-state index in [0.717, 1.165) is 30.8 Å². The Labute approximate surface area is 179 Å². The van der Waals surface area contributed by atoms with Gasteiger partial charge in [-0.3, -0.25) is 14.5 Å². The number of furan rings is 1. The lowest BCUT2D eigenvalue weighted by molar-refractivity contribution is -0.147. The monoisotopic (exact) mass is 414 g/mol. The van der Waals surface area contributed by atoms with E-state index in [-0.39, 0.29) is 18.4 Å². The van der Waals surface area contributed by atoms with Crippen molar-refractivity contribution in [1.29, 1.82) is 0 Å². The number of ether oxygens (including phenoxy) is 1. The van der Waals surface area contributed by atoms with E-state index in [0.29, 0.717) is 19.6 Å². The molecule has 2 rings (SSSR count). The number of hydrogen-bond donors (Lipinski definition) is 0. The van der Waals surface area contributed by atoms with Crippen molar-refractivity contribution in [3.63, 3.8) is 0 Å². The highest BCUT2D eigenvalue weighted by molar-refractivity contribution is 5.80. The van der Waals surface area contributed by atoms with Crippen molar-refractivity contribution in [2.24, 2.45) is 0 Å². The first kappa shape index (κ1) is 23.7. The highest BCUT2D eigenvalue weighted by Gasteiger charge is 2.26. The molecule has 6 nitrogen and oxygen atoms in total. The third-order valence-corrected chi connectivity index (χ3v) is 5.24. The van der Waals surface area contributed by atoms with Gasteiger partial charge in [0, 0.05) is 6.54 Å². The number of methoxy groups -OCH3 is 1. The largest absolute Gasteiger partial charge is 0.468 e. The molecule has 6 heteroatoms. The molecular weight excluding hydrogens is 380 g/mol. The van der Waals surface area contributed by atoms with Crippen LogP contribution in [0, 0.1) is 6.92 Å². The minimum absolute atomic E-state index is 0.0214. The molecule has 0 aliphatic carbocycles. The Morgan fingerprint density at radius 2 is 1.83 bits per heavy atom. The van der Waals surface area contributed by atoms with E-state index in [1.54, 1.807) is 6.92 Å². The van der Waals surface area contributed by atoms with Crippen molar-refractivity contribution in [2.45, 2.75) is 52.6 Å². The summed E-state index contributed by atoms with van der Waals surface area (Å²) in [6, 6.07) is 13.5. The molecule has 1 aromatic heterocycles. The molecular formula is C24H34N2O4. The van der Waals surface area contributed by atoms with E-state index >= 15 is 0 Å². The number of carbonyl (C=O) groups is 2. The molecule has 0 saturated heterocycles. The maximum absolute atomic E-state index is 13.3. The van der Waals surface area contributed by atoms with Crippen molar-refractivity contribution in [3.05, 3.63) is 59.5 Å². The van der Waals surface area contributed by atoms with Crippen LogP contribution in [0.3, 0.4) is 0 Å². The summed E-state index contributed by atoms with van der Waals surface area (Å²) in [6.45, 7) is 7.61. The summed E-state index contributed by atoms with van der Waals surface area (Å²) in [4.78, 5) is 29.0. The highest BCUT2D eigenvalue weighted by Crippen LogP contribution is 2.13. The number of amides is 1. The van der Waals surface area contributed by atoms with E-state index in [9.17, 15) is 9.59 Å². The fourth-order valence-electron chi connectivity index (χ4n) is 3.32. The number of hydrogen-bond acceptors (Lipinski definition) is 5. The smallest absolute Gasteiger partial charge is 0.322 e. The minimum Gasteiger partial charge on any atom is -0.468 e. The van der Waals surface area contributed by atoms with Crippen LogP contribution in [0.25, 0.3) is 0 Å². The van der Waals surface area contributed by atoms with Crippen LogP contribution in [0.1, 0.15) is 43.8 Å². The fourth-order valence-corrected chi connectivity index (χ4v) is 3.32. The summed E-state index contributed by atoms with van der Waals surface area (Å²) in [5.41, 5.74) is 1.18. The predicted octanol–water partition coefficient (Wildman–Crippen LogP) is 3.82. The maximum atomic E-state index is 13.3. The zero-order valence-electron chi connectivity index (χ0n) is 18.6. The maximum Gasteiger partial charge on any atom is 0.322 e. The third kappa shape index (κ3) is 7.34. The van der Waals surface area contributed by atoms with E-state index < -0.39 is 6.04 Å². The molecule has 30 heavy (non-hydrogen) atoms. The van der Waals surface area contributed by atoms with Crippen LogP contribution in [0.4, 0.5) is 0 Å². The summed E-state index contributed by atoms with van der Waals surface area (Å²) in [7, 11) is 1.38. The molecule has 1 atom stereocenters. The standard InChI is InChI=1S/C24H34N2O4/c1-5-6-15-25(20(3)24(28)29-4)18-23(27)26(17-22-13-12-19(2)30-22)16-14-21-10-8-7-9-11-21/h7-13,20H,5-6,14-18H2,1-4H3/t20-/m0/s1. The lowest BCUT2D eigenvalue weighted by Gasteiger charge is -2.30. The Morgan fingerprint density at radius 3 is 2.43 bits per heavy atom. The van der Waals surface area contributed by atoms with Crippen LogP contribution in [-0.2, 0) is 27.3 Å². The van der Waals surface area contributed by atoms with Gasteiger partial charge in [-0.05, 0) is 50.9 Å². The van der Waals surface area contributed by atoms with E-state index in [1.165, 1.54) is 12.7 Å². The van der Waals surface area contributed by atoms with Crippen molar-refractivity contribution < 1.29 is 18.7 Å². The van der Waals surface area contributed by atoms with Crippen LogP contribution in [-0.4, -0.2) is 54.5 Å². The topological polar surface area (TPSA) is 63.0 Å². The number of benzene rings is 1. The van der Waals surface area contributed by atoms with Crippen LogP contribution < -0.4 is 0 Å². The predicted molar refractivity (Wildman–Crippen MR) is 117 cm³/mol. The number of unbranched alkanes of at least 4 members (excludes halogenated alkanes) is 1. The van der Waals surface area contributed by atoms with Crippen LogP contribution in [0.2, 0.25) is 0 Å². The lowest BCUT2D eigenvalue weighted by atomic mass is 10.1. The molecule has 0 radical (unpaired) electrons. The van der Waals surface area contributed by atoms with Gasteiger partial charge in [-0.2, -0.15) is 0 Å². The molecule has 0 bridgehead atoms. The van der Waals surface area contributed by atoms with Crippen LogP contribution >= 0.6 is 0 Å². The van der Waals surface area contributed by atoms with Gasteiger partial charge in [-0.15, -0.1) is 0 Å². The molecule has 0 aliphatic rings. The van der Waals surface area contributed by atoms with Crippen molar-refractivity contribution in [3.8, 4) is 0 Å². The van der Waals surface area contributed by atoms with Gasteiger partial charge in [0.2, 0.25) is 5.91 Å². The van der Waals surface area contributed by atoms with Gasteiger partial charge < -0.3 is 14.1 Å². The molecule has 1 amide bonds. The van der Waals surface area contributed by atoms with E-state index in [4.69, 9.17) is 9.15 Å². The molecule has 0 saturated carbocycles. The second-order valence-electron chi connectivity index (χ2n) is 7.59. The summed E-state index contributed by atoms with van der Waals surface area (Å²) in [5, 5.41) is 0. The van der Waals surface area contributed by atoms with Gasteiger partial charge in [-0.1, -0.05) is 43.7 Å². The molecule has 1 aromatic carbocycles. The number of aryl methyl sites for hydroxylation is 1. The average molecular weight is 415 g/mol. The molecule has 1 heterocycles. The normalized spacial score (nSPS) is 12.0. The molecule has 0 unspecified atom stereocenters. The number of carbonyl (C=O) groups excluding carboxylic acids is 2. The number of esters is 1. The first-order chi connectivity index (χ1) is 14.4. The summed E-state index contributed by atoms with van der Waals surface area (Å²) < 4.78 is 10.6. The van der Waals surface area contributed by atoms with Gasteiger partial charge >= 0.3 is 5.97 Å². The van der Waals surface area contributed by atoms with Crippen LogP contribution in [0.15, 0.2) is 46.9 Å². The van der Waals surface area contributed by atoms with Gasteiger partial charge in [0.1, 0.15) is 17.6 Å². The number of rotatable bonds is 12. The molecule has 0 fully saturated rings. The number of nitrogens with zero attached hydrogens (tertiary/aromatic N) is 2. The van der Waals surface area contributed by atoms with Crippen molar-refractivity contribution in [1.82, 2.24) is 9.80 Å².